The van der Waals surface area contributed by atoms with Crippen molar-refractivity contribution in [3.05, 3.63) is 11.6 Å². The Morgan fingerprint density at radius 2 is 2.22 bits per heavy atom. The Morgan fingerprint density at radius 3 is 2.83 bits per heavy atom. The first kappa shape index (κ1) is 15.2. The van der Waals surface area contributed by atoms with Crippen LogP contribution in [0.2, 0.25) is 0 Å². The average molecular weight is 252 g/mol. The number of amides is 1. The Labute approximate surface area is 111 Å². The van der Waals surface area contributed by atoms with Gasteiger partial charge in [0.25, 0.3) is 0 Å². The summed E-state index contributed by atoms with van der Waals surface area (Å²) in [6.07, 6.45) is 5.43. The van der Waals surface area contributed by atoms with E-state index in [1.807, 2.05) is 13.8 Å². The molecule has 0 heterocycles. The largest absolute Gasteiger partial charge is 0.354 e. The fourth-order valence-electron chi connectivity index (χ4n) is 2.74. The lowest BCUT2D eigenvalue weighted by molar-refractivity contribution is -0.121. The Kier molecular flexibility index (Phi) is 6.41. The summed E-state index contributed by atoms with van der Waals surface area (Å²) in [7, 11) is 0. The summed E-state index contributed by atoms with van der Waals surface area (Å²) in [6.45, 7) is 10.3. The number of nitrogens with one attached hydrogen (secondary N) is 2. The van der Waals surface area contributed by atoms with Gasteiger partial charge in [0, 0.05) is 19.0 Å². The summed E-state index contributed by atoms with van der Waals surface area (Å²) in [5, 5.41) is 6.32. The molecule has 2 atom stereocenters. The molecule has 0 fully saturated rings. The van der Waals surface area contributed by atoms with Crippen molar-refractivity contribution in [2.24, 2.45) is 11.8 Å². The molecule has 0 bridgehead atoms. The highest BCUT2D eigenvalue weighted by molar-refractivity contribution is 5.76. The molecular weight excluding hydrogens is 224 g/mol. The number of carbonyl (C=O) groups is 1. The molecule has 1 aliphatic carbocycles. The molecule has 1 rings (SSSR count). The molecule has 0 saturated heterocycles. The van der Waals surface area contributed by atoms with Gasteiger partial charge in [-0.2, -0.15) is 0 Å². The average Bonchev–Trinajstić information content (AvgIpc) is 2.22. The molecule has 0 spiro atoms. The van der Waals surface area contributed by atoms with Crippen LogP contribution in [0.25, 0.3) is 0 Å². The van der Waals surface area contributed by atoms with Gasteiger partial charge >= 0.3 is 0 Å². The smallest absolute Gasteiger partial charge is 0.221 e. The molecule has 2 N–H and O–H groups in total. The lowest BCUT2D eigenvalue weighted by Gasteiger charge is -2.25. The zero-order chi connectivity index (χ0) is 13.5. The molecule has 0 aromatic heterocycles. The molecule has 0 aromatic rings. The third-order valence-corrected chi connectivity index (χ3v) is 3.30. The standard InChI is InChI=1S/C15H28N2O/c1-11(2)17-15(18)5-6-16-10-14-8-12(3)7-13(4)9-14/h7,11-12,14,16H,5-6,8-10H2,1-4H3,(H,17,18). The molecular formula is C15H28N2O. The van der Waals surface area contributed by atoms with Crippen LogP contribution in [0, 0.1) is 11.8 Å². The first-order chi connectivity index (χ1) is 8.47. The minimum absolute atomic E-state index is 0.144. The van der Waals surface area contributed by atoms with E-state index >= 15 is 0 Å². The normalized spacial score (nSPS) is 23.9. The van der Waals surface area contributed by atoms with Gasteiger partial charge < -0.3 is 10.6 Å². The van der Waals surface area contributed by atoms with E-state index in [1.54, 1.807) is 0 Å². The fourth-order valence-corrected chi connectivity index (χ4v) is 2.74. The van der Waals surface area contributed by atoms with Gasteiger partial charge in [-0.15, -0.1) is 0 Å². The van der Waals surface area contributed by atoms with Crippen molar-refractivity contribution >= 4 is 5.91 Å². The molecule has 18 heavy (non-hydrogen) atoms. The molecule has 0 radical (unpaired) electrons. The first-order valence-electron chi connectivity index (χ1n) is 7.14. The number of hydrogen-bond acceptors (Lipinski definition) is 2. The molecule has 0 saturated carbocycles. The second-order valence-electron chi connectivity index (χ2n) is 5.97. The molecule has 104 valence electrons. The van der Waals surface area contributed by atoms with E-state index in [1.165, 1.54) is 18.4 Å². The molecule has 3 heteroatoms. The summed E-state index contributed by atoms with van der Waals surface area (Å²) in [4.78, 5) is 11.4. The van der Waals surface area contributed by atoms with E-state index in [-0.39, 0.29) is 11.9 Å². The predicted octanol–water partition coefficient (Wildman–Crippen LogP) is 2.48. The van der Waals surface area contributed by atoms with Crippen LogP contribution in [-0.4, -0.2) is 25.0 Å². The number of rotatable bonds is 6. The molecule has 1 amide bonds. The van der Waals surface area contributed by atoms with E-state index in [4.69, 9.17) is 0 Å². The summed E-state index contributed by atoms with van der Waals surface area (Å²) >= 11 is 0. The van der Waals surface area contributed by atoms with Crippen LogP contribution in [-0.2, 0) is 4.79 Å². The zero-order valence-corrected chi connectivity index (χ0v) is 12.3. The molecule has 3 nitrogen and oxygen atoms in total. The fraction of sp³-hybridized carbons (Fsp3) is 0.800. The Bertz CT molecular complexity index is 297. The van der Waals surface area contributed by atoms with Gasteiger partial charge in [0.2, 0.25) is 5.91 Å². The Morgan fingerprint density at radius 1 is 1.50 bits per heavy atom. The summed E-state index contributed by atoms with van der Waals surface area (Å²) in [5.41, 5.74) is 1.51. The quantitative estimate of drug-likeness (QED) is 0.563. The van der Waals surface area contributed by atoms with E-state index in [0.717, 1.165) is 19.0 Å². The van der Waals surface area contributed by atoms with Crippen LogP contribution in [0.15, 0.2) is 11.6 Å². The number of carbonyl (C=O) groups excluding carboxylic acids is 1. The van der Waals surface area contributed by atoms with Crippen molar-refractivity contribution in [3.8, 4) is 0 Å². The third kappa shape index (κ3) is 6.20. The summed E-state index contributed by atoms with van der Waals surface area (Å²) in [5.74, 6) is 1.58. The van der Waals surface area contributed by atoms with Crippen LogP contribution in [0.3, 0.4) is 0 Å². The lowest BCUT2D eigenvalue weighted by atomic mass is 9.84. The van der Waals surface area contributed by atoms with Gasteiger partial charge in [-0.25, -0.2) is 0 Å². The van der Waals surface area contributed by atoms with Crippen LogP contribution in [0.1, 0.15) is 47.0 Å². The van der Waals surface area contributed by atoms with Crippen molar-refractivity contribution in [1.82, 2.24) is 10.6 Å². The zero-order valence-electron chi connectivity index (χ0n) is 12.3. The Balaban J connectivity index is 2.11. The highest BCUT2D eigenvalue weighted by Gasteiger charge is 2.17. The van der Waals surface area contributed by atoms with Gasteiger partial charge in [0.15, 0.2) is 0 Å². The van der Waals surface area contributed by atoms with Crippen molar-refractivity contribution in [2.75, 3.05) is 13.1 Å². The van der Waals surface area contributed by atoms with E-state index in [0.29, 0.717) is 12.3 Å². The van der Waals surface area contributed by atoms with Crippen molar-refractivity contribution in [2.45, 2.75) is 53.0 Å². The third-order valence-electron chi connectivity index (χ3n) is 3.30. The summed E-state index contributed by atoms with van der Waals surface area (Å²) < 4.78 is 0. The predicted molar refractivity (Wildman–Crippen MR) is 76.4 cm³/mol. The lowest BCUT2D eigenvalue weighted by Crippen LogP contribution is -2.34. The van der Waals surface area contributed by atoms with Crippen molar-refractivity contribution < 1.29 is 4.79 Å². The van der Waals surface area contributed by atoms with Crippen LogP contribution in [0.5, 0.6) is 0 Å². The molecule has 2 unspecified atom stereocenters. The second-order valence-corrected chi connectivity index (χ2v) is 5.97. The van der Waals surface area contributed by atoms with E-state index in [2.05, 4.69) is 30.6 Å². The van der Waals surface area contributed by atoms with Gasteiger partial charge in [-0.1, -0.05) is 18.6 Å². The van der Waals surface area contributed by atoms with Crippen molar-refractivity contribution in [1.29, 1.82) is 0 Å². The highest BCUT2D eigenvalue weighted by atomic mass is 16.1. The second kappa shape index (κ2) is 7.57. The maximum Gasteiger partial charge on any atom is 0.221 e. The minimum atomic E-state index is 0.144. The van der Waals surface area contributed by atoms with Gasteiger partial charge in [-0.05, 0) is 52.0 Å². The number of allylic oxidation sites excluding steroid dienone is 2. The number of hydrogen-bond donors (Lipinski definition) is 2. The highest BCUT2D eigenvalue weighted by Crippen LogP contribution is 2.27. The van der Waals surface area contributed by atoms with E-state index in [9.17, 15) is 4.79 Å². The molecule has 0 aromatic carbocycles. The molecule has 0 aliphatic heterocycles. The topological polar surface area (TPSA) is 41.1 Å². The monoisotopic (exact) mass is 252 g/mol. The van der Waals surface area contributed by atoms with E-state index < -0.39 is 0 Å². The van der Waals surface area contributed by atoms with Gasteiger partial charge in [0.1, 0.15) is 0 Å². The molecule has 1 aliphatic rings. The SMILES string of the molecule is CC1=CC(C)CC(CNCCC(=O)NC(C)C)C1. The maximum absolute atomic E-state index is 11.4. The Hall–Kier alpha value is -0.830. The van der Waals surface area contributed by atoms with Gasteiger partial charge in [-0.3, -0.25) is 4.79 Å². The van der Waals surface area contributed by atoms with Crippen LogP contribution >= 0.6 is 0 Å². The minimum Gasteiger partial charge on any atom is -0.354 e. The van der Waals surface area contributed by atoms with Crippen molar-refractivity contribution in [3.63, 3.8) is 0 Å². The maximum atomic E-state index is 11.4. The van der Waals surface area contributed by atoms with Gasteiger partial charge in [0.05, 0.1) is 0 Å². The van der Waals surface area contributed by atoms with Crippen LogP contribution in [0.4, 0.5) is 0 Å². The van der Waals surface area contributed by atoms with Crippen LogP contribution < -0.4 is 10.6 Å². The first-order valence-corrected chi connectivity index (χ1v) is 7.14. The summed E-state index contributed by atoms with van der Waals surface area (Å²) in [6, 6.07) is 0.240.